The molecule has 0 fully saturated rings. The topological polar surface area (TPSA) is 76.4 Å². The summed E-state index contributed by atoms with van der Waals surface area (Å²) in [6.07, 6.45) is 1.06. The number of halogens is 1. The lowest BCUT2D eigenvalue weighted by molar-refractivity contribution is -0.114. The first-order valence-electron chi connectivity index (χ1n) is 7.70. The molecule has 1 heterocycles. The number of ether oxygens (including phenoxy) is 1. The van der Waals surface area contributed by atoms with E-state index in [1.165, 1.54) is 6.92 Å². The molecule has 0 radical (unpaired) electrons. The second kappa shape index (κ2) is 8.50. The van der Waals surface area contributed by atoms with E-state index < -0.39 is 6.10 Å². The van der Waals surface area contributed by atoms with E-state index in [1.807, 2.05) is 28.8 Å². The minimum absolute atomic E-state index is 0. The van der Waals surface area contributed by atoms with Gasteiger partial charge in [0.25, 0.3) is 0 Å². The highest BCUT2D eigenvalue weighted by Crippen LogP contribution is 2.16. The van der Waals surface area contributed by atoms with Crippen molar-refractivity contribution in [1.82, 2.24) is 9.55 Å². The molecule has 3 aromatic rings. The van der Waals surface area contributed by atoms with Crippen LogP contribution in [0.15, 0.2) is 54.9 Å². The van der Waals surface area contributed by atoms with Crippen molar-refractivity contribution in [2.24, 2.45) is 0 Å². The monoisotopic (exact) mass is 361 g/mol. The van der Waals surface area contributed by atoms with Crippen LogP contribution in [0, 0.1) is 0 Å². The summed E-state index contributed by atoms with van der Waals surface area (Å²) in [7, 11) is 0. The highest BCUT2D eigenvalue weighted by Gasteiger charge is 2.09. The fourth-order valence-corrected chi connectivity index (χ4v) is 2.47. The molecule has 3 rings (SSSR count). The first-order chi connectivity index (χ1) is 11.6. The van der Waals surface area contributed by atoms with Gasteiger partial charge in [0.2, 0.25) is 5.91 Å². The number of carbonyl (C=O) groups excluding carboxylic acids is 1. The molecule has 6 nitrogen and oxygen atoms in total. The molecule has 2 N–H and O–H groups in total. The van der Waals surface area contributed by atoms with E-state index in [4.69, 9.17) is 4.74 Å². The van der Waals surface area contributed by atoms with Gasteiger partial charge in [-0.05, 0) is 36.4 Å². The molecular weight excluding hydrogens is 342 g/mol. The first kappa shape index (κ1) is 18.8. The predicted molar refractivity (Wildman–Crippen MR) is 99.2 cm³/mol. The molecule has 0 bridgehead atoms. The fourth-order valence-electron chi connectivity index (χ4n) is 2.47. The van der Waals surface area contributed by atoms with Crippen LogP contribution in [0.3, 0.4) is 0 Å². The Bertz CT molecular complexity index is 833. The summed E-state index contributed by atoms with van der Waals surface area (Å²) in [6, 6.07) is 14.8. The van der Waals surface area contributed by atoms with Gasteiger partial charge in [0, 0.05) is 12.6 Å². The Balaban J connectivity index is 0.00000225. The number of hydrogen-bond donors (Lipinski definition) is 2. The molecule has 7 heteroatoms. The summed E-state index contributed by atoms with van der Waals surface area (Å²) in [5, 5.41) is 12.9. The molecule has 0 aliphatic carbocycles. The molecule has 1 atom stereocenters. The molecule has 1 amide bonds. The van der Waals surface area contributed by atoms with E-state index in [2.05, 4.69) is 10.3 Å². The molecule has 0 saturated heterocycles. The van der Waals surface area contributed by atoms with E-state index in [-0.39, 0.29) is 24.9 Å². The summed E-state index contributed by atoms with van der Waals surface area (Å²) in [5.41, 5.74) is 2.59. The molecule has 0 aliphatic rings. The Hall–Kier alpha value is -2.57. The normalized spacial score (nSPS) is 11.6. The molecule has 25 heavy (non-hydrogen) atoms. The number of rotatable bonds is 6. The smallest absolute Gasteiger partial charge is 0.221 e. The average molecular weight is 362 g/mol. The second-order valence-corrected chi connectivity index (χ2v) is 5.56. The molecule has 132 valence electrons. The van der Waals surface area contributed by atoms with E-state index in [0.717, 1.165) is 11.0 Å². The van der Waals surface area contributed by atoms with Gasteiger partial charge in [-0.1, -0.05) is 12.1 Å². The number of para-hydroxylation sites is 2. The van der Waals surface area contributed by atoms with Gasteiger partial charge < -0.3 is 19.7 Å². The highest BCUT2D eigenvalue weighted by atomic mass is 35.5. The average Bonchev–Trinajstić information content (AvgIpc) is 2.97. The molecule has 0 aliphatic heterocycles. The van der Waals surface area contributed by atoms with Crippen LogP contribution in [0.2, 0.25) is 0 Å². The first-order valence-corrected chi connectivity index (χ1v) is 7.70. The van der Waals surface area contributed by atoms with Gasteiger partial charge >= 0.3 is 0 Å². The summed E-state index contributed by atoms with van der Waals surface area (Å²) in [5.74, 6) is 0.519. The van der Waals surface area contributed by atoms with E-state index >= 15 is 0 Å². The predicted octanol–water partition coefficient (Wildman–Crippen LogP) is 2.86. The minimum atomic E-state index is -0.655. The number of carbonyl (C=O) groups is 1. The number of imidazole rings is 1. The van der Waals surface area contributed by atoms with Crippen LogP contribution in [-0.4, -0.2) is 33.3 Å². The number of fused-ring (bicyclic) bond motifs is 1. The third-order valence-corrected chi connectivity index (χ3v) is 3.55. The summed E-state index contributed by atoms with van der Waals surface area (Å²) < 4.78 is 7.50. The summed E-state index contributed by atoms with van der Waals surface area (Å²) in [6.45, 7) is 2.04. The van der Waals surface area contributed by atoms with Crippen LogP contribution < -0.4 is 10.1 Å². The fraction of sp³-hybridized carbons (Fsp3) is 0.222. The number of aliphatic hydroxyl groups is 1. The largest absolute Gasteiger partial charge is 0.491 e. The van der Waals surface area contributed by atoms with Gasteiger partial charge in [-0.25, -0.2) is 4.98 Å². The molecular formula is C18H20ClN3O3. The Labute approximate surface area is 151 Å². The molecule has 0 saturated carbocycles. The number of benzene rings is 2. The molecule has 1 unspecified atom stereocenters. The number of hydrogen-bond acceptors (Lipinski definition) is 4. The number of aliphatic hydroxyl groups excluding tert-OH is 1. The lowest BCUT2D eigenvalue weighted by Crippen LogP contribution is -2.23. The van der Waals surface area contributed by atoms with E-state index in [9.17, 15) is 9.90 Å². The minimum Gasteiger partial charge on any atom is -0.491 e. The SMILES string of the molecule is CC(=O)Nc1ccc(OCC(O)Cn2cnc3ccccc32)cc1.Cl. The van der Waals surface area contributed by atoms with Gasteiger partial charge in [0.05, 0.1) is 23.9 Å². The Morgan fingerprint density at radius 2 is 1.96 bits per heavy atom. The number of nitrogens with zero attached hydrogens (tertiary/aromatic N) is 2. The Kier molecular flexibility index (Phi) is 6.38. The molecule has 2 aromatic carbocycles. The summed E-state index contributed by atoms with van der Waals surface area (Å²) >= 11 is 0. The highest BCUT2D eigenvalue weighted by molar-refractivity contribution is 5.88. The zero-order chi connectivity index (χ0) is 16.9. The van der Waals surface area contributed by atoms with Crippen molar-refractivity contribution in [1.29, 1.82) is 0 Å². The van der Waals surface area contributed by atoms with Crippen molar-refractivity contribution in [2.75, 3.05) is 11.9 Å². The molecule has 0 spiro atoms. The van der Waals surface area contributed by atoms with Crippen molar-refractivity contribution in [3.8, 4) is 5.75 Å². The zero-order valence-electron chi connectivity index (χ0n) is 13.8. The van der Waals surface area contributed by atoms with Gasteiger partial charge in [-0.3, -0.25) is 4.79 Å². The zero-order valence-corrected chi connectivity index (χ0v) is 14.6. The van der Waals surface area contributed by atoms with E-state index in [0.29, 0.717) is 18.0 Å². The van der Waals surface area contributed by atoms with Crippen molar-refractivity contribution < 1.29 is 14.6 Å². The maximum Gasteiger partial charge on any atom is 0.221 e. The van der Waals surface area contributed by atoms with Gasteiger partial charge in [0.15, 0.2) is 0 Å². The number of nitrogens with one attached hydrogen (secondary N) is 1. The number of anilines is 1. The standard InChI is InChI=1S/C18H19N3O3.ClH/c1-13(22)20-14-6-8-16(9-7-14)24-11-15(23)10-21-12-19-17-4-2-3-5-18(17)21;/h2-9,12,15,23H,10-11H2,1H3,(H,20,22);1H. The van der Waals surface area contributed by atoms with Crippen molar-refractivity contribution >= 4 is 35.0 Å². The maximum absolute atomic E-state index is 11.0. The second-order valence-electron chi connectivity index (χ2n) is 5.56. The lowest BCUT2D eigenvalue weighted by atomic mass is 10.3. The van der Waals surface area contributed by atoms with Crippen LogP contribution in [0.1, 0.15) is 6.92 Å². The van der Waals surface area contributed by atoms with Crippen molar-refractivity contribution in [2.45, 2.75) is 19.6 Å². The van der Waals surface area contributed by atoms with Crippen LogP contribution in [0.4, 0.5) is 5.69 Å². The third kappa shape index (κ3) is 4.95. The molecule has 1 aromatic heterocycles. The van der Waals surface area contributed by atoms with Crippen LogP contribution in [0.5, 0.6) is 5.75 Å². The lowest BCUT2D eigenvalue weighted by Gasteiger charge is -2.14. The van der Waals surface area contributed by atoms with Gasteiger partial charge in [0.1, 0.15) is 18.5 Å². The van der Waals surface area contributed by atoms with Gasteiger partial charge in [-0.2, -0.15) is 0 Å². The van der Waals surface area contributed by atoms with Crippen molar-refractivity contribution in [3.05, 3.63) is 54.9 Å². The quantitative estimate of drug-likeness (QED) is 0.707. The Morgan fingerprint density at radius 1 is 1.24 bits per heavy atom. The maximum atomic E-state index is 11.0. The van der Waals surface area contributed by atoms with Crippen LogP contribution in [-0.2, 0) is 11.3 Å². The van der Waals surface area contributed by atoms with Gasteiger partial charge in [-0.15, -0.1) is 12.4 Å². The van der Waals surface area contributed by atoms with Crippen LogP contribution in [0.25, 0.3) is 11.0 Å². The third-order valence-electron chi connectivity index (χ3n) is 3.55. The Morgan fingerprint density at radius 3 is 2.68 bits per heavy atom. The van der Waals surface area contributed by atoms with Crippen LogP contribution >= 0.6 is 12.4 Å². The van der Waals surface area contributed by atoms with E-state index in [1.54, 1.807) is 30.6 Å². The van der Waals surface area contributed by atoms with Crippen molar-refractivity contribution in [3.63, 3.8) is 0 Å². The number of amides is 1. The summed E-state index contributed by atoms with van der Waals surface area (Å²) in [4.78, 5) is 15.3. The number of aromatic nitrogens is 2.